The normalized spacial score (nSPS) is 11.4. The van der Waals surface area contributed by atoms with Crippen LogP contribution >= 0.6 is 11.6 Å². The van der Waals surface area contributed by atoms with E-state index in [1.807, 2.05) is 43.3 Å². The lowest BCUT2D eigenvalue weighted by atomic mass is 10.1. The van der Waals surface area contributed by atoms with Crippen molar-refractivity contribution in [2.45, 2.75) is 24.8 Å². The van der Waals surface area contributed by atoms with Gasteiger partial charge in [0.05, 0.1) is 35.0 Å². The maximum atomic E-state index is 14.1. The molecule has 4 rings (SSSR count). The maximum absolute atomic E-state index is 14.1. The molecule has 0 unspecified atom stereocenters. The summed E-state index contributed by atoms with van der Waals surface area (Å²) in [5, 5.41) is 5.13. The number of methoxy groups -OCH3 is 1. The molecule has 10 heteroatoms. The Morgan fingerprint density at radius 2 is 1.81 bits per heavy atom. The highest BCUT2D eigenvalue weighted by molar-refractivity contribution is 7.89. The quantitative estimate of drug-likeness (QED) is 0.289. The summed E-state index contributed by atoms with van der Waals surface area (Å²) < 4.78 is 54.6. The summed E-state index contributed by atoms with van der Waals surface area (Å²) in [5.74, 6) is -0.241. The molecule has 0 fully saturated rings. The van der Waals surface area contributed by atoms with E-state index < -0.39 is 15.8 Å². The molecule has 0 radical (unpaired) electrons. The van der Waals surface area contributed by atoms with Gasteiger partial charge in [-0.3, -0.25) is 0 Å². The number of halogens is 2. The SMILES string of the molecule is CCCOc1ccc(-c2nn(-c3ccccc3)cc2CNS(=O)(=O)c2ccc(OC)c(F)c2)cc1Cl. The van der Waals surface area contributed by atoms with Crippen LogP contribution in [0.25, 0.3) is 16.9 Å². The van der Waals surface area contributed by atoms with E-state index in [9.17, 15) is 12.8 Å². The van der Waals surface area contributed by atoms with E-state index in [0.29, 0.717) is 34.2 Å². The molecule has 0 aliphatic heterocycles. The zero-order valence-corrected chi connectivity index (χ0v) is 21.3. The molecule has 0 saturated heterocycles. The zero-order valence-electron chi connectivity index (χ0n) is 19.7. The number of sulfonamides is 1. The van der Waals surface area contributed by atoms with E-state index in [4.69, 9.17) is 26.2 Å². The highest BCUT2D eigenvalue weighted by Crippen LogP contribution is 2.32. The van der Waals surface area contributed by atoms with E-state index in [2.05, 4.69) is 4.72 Å². The Morgan fingerprint density at radius 3 is 2.47 bits per heavy atom. The van der Waals surface area contributed by atoms with Gasteiger partial charge in [0.15, 0.2) is 11.6 Å². The van der Waals surface area contributed by atoms with Crippen LogP contribution in [-0.2, 0) is 16.6 Å². The number of hydrogen-bond acceptors (Lipinski definition) is 5. The van der Waals surface area contributed by atoms with Crippen LogP contribution in [0, 0.1) is 5.82 Å². The van der Waals surface area contributed by atoms with Crippen molar-refractivity contribution in [3.05, 3.63) is 89.3 Å². The largest absolute Gasteiger partial charge is 0.494 e. The van der Waals surface area contributed by atoms with Gasteiger partial charge >= 0.3 is 0 Å². The lowest BCUT2D eigenvalue weighted by molar-refractivity contribution is 0.317. The number of hydrogen-bond donors (Lipinski definition) is 1. The van der Waals surface area contributed by atoms with Crippen molar-refractivity contribution in [1.29, 1.82) is 0 Å². The number of ether oxygens (including phenoxy) is 2. The van der Waals surface area contributed by atoms with E-state index in [1.54, 1.807) is 23.0 Å². The second-order valence-electron chi connectivity index (χ2n) is 7.90. The van der Waals surface area contributed by atoms with Crippen molar-refractivity contribution in [2.24, 2.45) is 0 Å². The first-order valence-corrected chi connectivity index (χ1v) is 13.1. The van der Waals surface area contributed by atoms with Gasteiger partial charge in [-0.05, 0) is 55.0 Å². The summed E-state index contributed by atoms with van der Waals surface area (Å²) in [4.78, 5) is -0.210. The molecular formula is C26H25ClFN3O4S. The summed E-state index contributed by atoms with van der Waals surface area (Å²) in [5.41, 5.74) is 2.66. The number of aromatic nitrogens is 2. The fourth-order valence-corrected chi connectivity index (χ4v) is 4.80. The Morgan fingerprint density at radius 1 is 1.06 bits per heavy atom. The molecule has 4 aromatic rings. The molecule has 36 heavy (non-hydrogen) atoms. The standard InChI is InChI=1S/C26H25ClFN3O4S/c1-3-13-35-24-11-9-18(14-22(24)27)26-19(17-31(30-26)20-7-5-4-6-8-20)16-29-36(32,33)21-10-12-25(34-2)23(28)15-21/h4-12,14-15,17,29H,3,13,16H2,1-2H3. The van der Waals surface area contributed by atoms with Crippen LogP contribution in [0.1, 0.15) is 18.9 Å². The lowest BCUT2D eigenvalue weighted by Crippen LogP contribution is -2.23. The predicted octanol–water partition coefficient (Wildman–Crippen LogP) is 5.61. The Bertz CT molecular complexity index is 1460. The molecular weight excluding hydrogens is 505 g/mol. The Balaban J connectivity index is 1.67. The number of benzene rings is 3. The lowest BCUT2D eigenvalue weighted by Gasteiger charge is -2.10. The summed E-state index contributed by atoms with van der Waals surface area (Å²) in [7, 11) is -2.70. The number of nitrogens with zero attached hydrogens (tertiary/aromatic N) is 2. The molecule has 1 N–H and O–H groups in total. The van der Waals surface area contributed by atoms with Crippen LogP contribution < -0.4 is 14.2 Å². The van der Waals surface area contributed by atoms with Crippen LogP contribution in [0.5, 0.6) is 11.5 Å². The van der Waals surface area contributed by atoms with Gasteiger partial charge in [0.1, 0.15) is 5.75 Å². The first kappa shape index (κ1) is 25.7. The topological polar surface area (TPSA) is 82.5 Å². The van der Waals surface area contributed by atoms with Gasteiger partial charge in [-0.2, -0.15) is 5.10 Å². The van der Waals surface area contributed by atoms with Crippen molar-refractivity contribution in [2.75, 3.05) is 13.7 Å². The van der Waals surface area contributed by atoms with E-state index >= 15 is 0 Å². The second-order valence-corrected chi connectivity index (χ2v) is 10.1. The summed E-state index contributed by atoms with van der Waals surface area (Å²) >= 11 is 6.44. The third-order valence-electron chi connectivity index (χ3n) is 5.36. The Hall–Kier alpha value is -3.40. The summed E-state index contributed by atoms with van der Waals surface area (Å²) in [6, 6.07) is 18.2. The molecule has 1 aromatic heterocycles. The monoisotopic (exact) mass is 529 g/mol. The number of para-hydroxylation sites is 1. The molecule has 0 saturated carbocycles. The number of rotatable bonds is 10. The maximum Gasteiger partial charge on any atom is 0.240 e. The van der Waals surface area contributed by atoms with Crippen molar-refractivity contribution in [3.8, 4) is 28.4 Å². The van der Waals surface area contributed by atoms with Gasteiger partial charge in [0, 0.05) is 23.9 Å². The highest BCUT2D eigenvalue weighted by atomic mass is 35.5. The Labute approximate surface area is 214 Å². The second kappa shape index (κ2) is 11.1. The molecule has 0 amide bonds. The Kier molecular flexibility index (Phi) is 7.93. The van der Waals surface area contributed by atoms with E-state index in [-0.39, 0.29) is 17.2 Å². The first-order valence-electron chi connectivity index (χ1n) is 11.2. The minimum absolute atomic E-state index is 0.0383. The van der Waals surface area contributed by atoms with E-state index in [1.165, 1.54) is 19.2 Å². The molecule has 188 valence electrons. The van der Waals surface area contributed by atoms with E-state index in [0.717, 1.165) is 18.2 Å². The van der Waals surface area contributed by atoms with Crippen molar-refractivity contribution >= 4 is 21.6 Å². The van der Waals surface area contributed by atoms with Gasteiger partial charge < -0.3 is 9.47 Å². The average Bonchev–Trinajstić information content (AvgIpc) is 3.32. The van der Waals surface area contributed by atoms with Crippen LogP contribution in [0.3, 0.4) is 0 Å². The number of nitrogens with one attached hydrogen (secondary N) is 1. The minimum atomic E-state index is -4.01. The molecule has 0 aliphatic carbocycles. The summed E-state index contributed by atoms with van der Waals surface area (Å²) in [6.45, 7) is 2.47. The smallest absolute Gasteiger partial charge is 0.240 e. The zero-order chi connectivity index (χ0) is 25.7. The molecule has 0 bridgehead atoms. The van der Waals surface area contributed by atoms with Gasteiger partial charge in [0.25, 0.3) is 0 Å². The first-order chi connectivity index (χ1) is 17.3. The predicted molar refractivity (Wildman–Crippen MR) is 137 cm³/mol. The van der Waals surface area contributed by atoms with Crippen molar-refractivity contribution in [1.82, 2.24) is 14.5 Å². The van der Waals surface area contributed by atoms with Crippen LogP contribution in [0.15, 0.2) is 77.8 Å². The third-order valence-corrected chi connectivity index (χ3v) is 7.06. The van der Waals surface area contributed by atoms with Gasteiger partial charge in [-0.15, -0.1) is 0 Å². The molecule has 0 atom stereocenters. The average molecular weight is 530 g/mol. The van der Waals surface area contributed by atoms with Crippen molar-refractivity contribution < 1.29 is 22.3 Å². The highest BCUT2D eigenvalue weighted by Gasteiger charge is 2.20. The van der Waals surface area contributed by atoms with Gasteiger partial charge in [-0.1, -0.05) is 36.7 Å². The molecule has 3 aromatic carbocycles. The van der Waals surface area contributed by atoms with Crippen LogP contribution in [0.4, 0.5) is 4.39 Å². The van der Waals surface area contributed by atoms with Gasteiger partial charge in [0.2, 0.25) is 10.0 Å². The molecule has 0 aliphatic rings. The fraction of sp³-hybridized carbons (Fsp3) is 0.192. The molecule has 1 heterocycles. The fourth-order valence-electron chi connectivity index (χ4n) is 3.54. The summed E-state index contributed by atoms with van der Waals surface area (Å²) in [6.07, 6.45) is 2.60. The molecule has 7 nitrogen and oxygen atoms in total. The molecule has 0 spiro atoms. The minimum Gasteiger partial charge on any atom is -0.494 e. The van der Waals surface area contributed by atoms with Crippen LogP contribution in [-0.4, -0.2) is 31.9 Å². The van der Waals surface area contributed by atoms with Gasteiger partial charge in [-0.25, -0.2) is 22.2 Å². The van der Waals surface area contributed by atoms with Crippen LogP contribution in [0.2, 0.25) is 5.02 Å². The third kappa shape index (κ3) is 5.70. The van der Waals surface area contributed by atoms with Crippen molar-refractivity contribution in [3.63, 3.8) is 0 Å².